The van der Waals surface area contributed by atoms with Crippen molar-refractivity contribution in [3.8, 4) is 0 Å². The van der Waals surface area contributed by atoms with Gasteiger partial charge in [0.25, 0.3) is 0 Å². The van der Waals surface area contributed by atoms with Crippen LogP contribution in [0.25, 0.3) is 0 Å². The molecule has 1 aromatic heterocycles. The van der Waals surface area contributed by atoms with E-state index in [1.165, 1.54) is 31.2 Å². The molecule has 144 valence electrons. The minimum atomic E-state index is -0.193. The van der Waals surface area contributed by atoms with Crippen LogP contribution in [0.3, 0.4) is 0 Å². The van der Waals surface area contributed by atoms with Gasteiger partial charge in [-0.25, -0.2) is 0 Å². The summed E-state index contributed by atoms with van der Waals surface area (Å²) in [7, 11) is 0. The highest BCUT2D eigenvalue weighted by Gasteiger charge is 2.37. The monoisotopic (exact) mass is 384 g/mol. The number of nitrogens with one attached hydrogen (secondary N) is 1. The fourth-order valence-corrected chi connectivity index (χ4v) is 4.40. The Balaban J connectivity index is 1.43. The molecule has 1 aromatic carbocycles. The summed E-state index contributed by atoms with van der Waals surface area (Å²) in [6, 6.07) is 10.9. The maximum Gasteiger partial charge on any atom is 0.233 e. The number of carbonyl (C=O) groups excluding carboxylic acids is 1. The van der Waals surface area contributed by atoms with Crippen LogP contribution >= 0.6 is 11.8 Å². The molecule has 0 aliphatic heterocycles. The molecule has 2 aromatic rings. The number of rotatable bonds is 9. The third kappa shape index (κ3) is 4.37. The van der Waals surface area contributed by atoms with Gasteiger partial charge in [-0.2, -0.15) is 0 Å². The Morgan fingerprint density at radius 2 is 1.96 bits per heavy atom. The molecular weight excluding hydrogens is 356 g/mol. The van der Waals surface area contributed by atoms with E-state index in [-0.39, 0.29) is 17.2 Å². The number of thioether (sulfide) groups is 1. The average Bonchev–Trinajstić information content (AvgIpc) is 3.61. The van der Waals surface area contributed by atoms with Crippen molar-refractivity contribution >= 4 is 17.7 Å². The van der Waals surface area contributed by atoms with Gasteiger partial charge in [-0.1, -0.05) is 55.4 Å². The van der Waals surface area contributed by atoms with E-state index >= 15 is 0 Å². The minimum absolute atomic E-state index is 0.0649. The van der Waals surface area contributed by atoms with Crippen LogP contribution < -0.4 is 5.32 Å². The Bertz CT molecular complexity index is 783. The van der Waals surface area contributed by atoms with Crippen molar-refractivity contribution in [2.45, 2.75) is 80.8 Å². The van der Waals surface area contributed by atoms with Gasteiger partial charge >= 0.3 is 0 Å². The molecule has 2 aliphatic rings. The SMILES string of the molecule is CCCC(NC(=O)C(C)Sc1nnc(C2CC2)n1C1CC1)c1ccccc1. The van der Waals surface area contributed by atoms with E-state index in [9.17, 15) is 4.79 Å². The maximum absolute atomic E-state index is 12.9. The second kappa shape index (κ2) is 8.05. The standard InChI is InChI=1S/C21H28N4OS/c1-3-7-18(15-8-5-4-6-9-15)22-20(26)14(2)27-21-24-23-19(16-10-11-16)25(21)17-12-13-17/h4-6,8-9,14,16-18H,3,7,10-13H2,1-2H3,(H,22,26). The normalized spacial score (nSPS) is 18.9. The van der Waals surface area contributed by atoms with Crippen LogP contribution in [-0.2, 0) is 4.79 Å². The molecule has 1 amide bonds. The van der Waals surface area contributed by atoms with Gasteiger partial charge in [0, 0.05) is 12.0 Å². The van der Waals surface area contributed by atoms with Crippen molar-refractivity contribution in [3.05, 3.63) is 41.7 Å². The van der Waals surface area contributed by atoms with Crippen molar-refractivity contribution in [1.29, 1.82) is 0 Å². The second-order valence-electron chi connectivity index (χ2n) is 7.74. The molecule has 1 N–H and O–H groups in total. The first-order chi connectivity index (χ1) is 13.2. The topological polar surface area (TPSA) is 59.8 Å². The smallest absolute Gasteiger partial charge is 0.233 e. The van der Waals surface area contributed by atoms with E-state index in [1.807, 2.05) is 25.1 Å². The van der Waals surface area contributed by atoms with Gasteiger partial charge in [0.1, 0.15) is 5.82 Å². The Labute approximate surface area is 165 Å². The molecule has 4 rings (SSSR count). The van der Waals surface area contributed by atoms with E-state index in [2.05, 4.69) is 39.1 Å². The molecular formula is C21H28N4OS. The van der Waals surface area contributed by atoms with Crippen LogP contribution in [0.4, 0.5) is 0 Å². The summed E-state index contributed by atoms with van der Waals surface area (Å²) < 4.78 is 2.31. The van der Waals surface area contributed by atoms with Gasteiger partial charge < -0.3 is 9.88 Å². The van der Waals surface area contributed by atoms with Crippen LogP contribution in [0.2, 0.25) is 0 Å². The van der Waals surface area contributed by atoms with E-state index < -0.39 is 0 Å². The van der Waals surface area contributed by atoms with Crippen LogP contribution in [0.1, 0.15) is 81.8 Å². The third-order valence-electron chi connectivity index (χ3n) is 5.29. The van der Waals surface area contributed by atoms with Gasteiger partial charge in [0.15, 0.2) is 5.16 Å². The molecule has 0 bridgehead atoms. The molecule has 27 heavy (non-hydrogen) atoms. The predicted molar refractivity (Wildman–Crippen MR) is 108 cm³/mol. The first-order valence-corrected chi connectivity index (χ1v) is 11.0. The molecule has 2 aliphatic carbocycles. The molecule has 0 spiro atoms. The molecule has 2 unspecified atom stereocenters. The zero-order valence-electron chi connectivity index (χ0n) is 16.1. The molecule has 1 heterocycles. The predicted octanol–water partition coefficient (Wildman–Crippen LogP) is 4.63. The summed E-state index contributed by atoms with van der Waals surface area (Å²) >= 11 is 1.55. The molecule has 2 fully saturated rings. The number of carbonyl (C=O) groups is 1. The Morgan fingerprint density at radius 1 is 1.22 bits per heavy atom. The fraction of sp³-hybridized carbons (Fsp3) is 0.571. The maximum atomic E-state index is 12.9. The van der Waals surface area contributed by atoms with Gasteiger partial charge in [0.2, 0.25) is 5.91 Å². The van der Waals surface area contributed by atoms with Gasteiger partial charge in [-0.05, 0) is 44.6 Å². The van der Waals surface area contributed by atoms with Crippen molar-refractivity contribution in [2.24, 2.45) is 0 Å². The van der Waals surface area contributed by atoms with E-state index in [0.29, 0.717) is 12.0 Å². The summed E-state index contributed by atoms with van der Waals surface area (Å²) in [5.41, 5.74) is 1.17. The lowest BCUT2D eigenvalue weighted by Crippen LogP contribution is -2.34. The van der Waals surface area contributed by atoms with E-state index in [4.69, 9.17) is 0 Å². The second-order valence-corrected chi connectivity index (χ2v) is 9.04. The van der Waals surface area contributed by atoms with Gasteiger partial charge in [-0.15, -0.1) is 10.2 Å². The van der Waals surface area contributed by atoms with E-state index in [0.717, 1.165) is 23.8 Å². The summed E-state index contributed by atoms with van der Waals surface area (Å²) in [6.45, 7) is 4.12. The molecule has 0 saturated heterocycles. The van der Waals surface area contributed by atoms with Crippen LogP contribution in [0, 0.1) is 0 Å². The Hall–Kier alpha value is -1.82. The van der Waals surface area contributed by atoms with Crippen LogP contribution in [-0.4, -0.2) is 25.9 Å². The number of benzene rings is 1. The molecule has 2 saturated carbocycles. The lowest BCUT2D eigenvalue weighted by Gasteiger charge is -2.21. The molecule has 0 radical (unpaired) electrons. The Morgan fingerprint density at radius 3 is 2.59 bits per heavy atom. The molecule has 6 heteroatoms. The van der Waals surface area contributed by atoms with Gasteiger partial charge in [0.05, 0.1) is 11.3 Å². The highest BCUT2D eigenvalue weighted by atomic mass is 32.2. The Kier molecular flexibility index (Phi) is 5.53. The molecule has 2 atom stereocenters. The zero-order valence-corrected chi connectivity index (χ0v) is 16.9. The van der Waals surface area contributed by atoms with Crippen molar-refractivity contribution in [3.63, 3.8) is 0 Å². The largest absolute Gasteiger partial charge is 0.348 e. The van der Waals surface area contributed by atoms with E-state index in [1.54, 1.807) is 11.8 Å². The van der Waals surface area contributed by atoms with Crippen LogP contribution in [0.5, 0.6) is 0 Å². The van der Waals surface area contributed by atoms with Crippen molar-refractivity contribution < 1.29 is 4.79 Å². The lowest BCUT2D eigenvalue weighted by molar-refractivity contribution is -0.121. The summed E-state index contributed by atoms with van der Waals surface area (Å²) in [4.78, 5) is 12.9. The number of aromatic nitrogens is 3. The quantitative estimate of drug-likeness (QED) is 0.641. The first-order valence-electron chi connectivity index (χ1n) is 10.1. The summed E-state index contributed by atoms with van der Waals surface area (Å²) in [5, 5.41) is 12.8. The number of amides is 1. The fourth-order valence-electron chi connectivity index (χ4n) is 3.46. The highest BCUT2D eigenvalue weighted by Crippen LogP contribution is 2.46. The third-order valence-corrected chi connectivity index (χ3v) is 6.35. The molecule has 5 nitrogen and oxygen atoms in total. The summed E-state index contributed by atoms with van der Waals surface area (Å²) in [6.07, 6.45) is 6.83. The van der Waals surface area contributed by atoms with Gasteiger partial charge in [-0.3, -0.25) is 4.79 Å². The van der Waals surface area contributed by atoms with Crippen molar-refractivity contribution in [1.82, 2.24) is 20.1 Å². The highest BCUT2D eigenvalue weighted by molar-refractivity contribution is 8.00. The zero-order chi connectivity index (χ0) is 18.8. The van der Waals surface area contributed by atoms with Crippen molar-refractivity contribution in [2.75, 3.05) is 0 Å². The average molecular weight is 385 g/mol. The number of hydrogen-bond donors (Lipinski definition) is 1. The minimum Gasteiger partial charge on any atom is -0.348 e. The number of nitrogens with zero attached hydrogens (tertiary/aromatic N) is 3. The summed E-state index contributed by atoms with van der Waals surface area (Å²) in [5.74, 6) is 1.80. The first kappa shape index (κ1) is 18.5. The number of hydrogen-bond acceptors (Lipinski definition) is 4. The van der Waals surface area contributed by atoms with Crippen LogP contribution in [0.15, 0.2) is 35.5 Å². The lowest BCUT2D eigenvalue weighted by atomic mass is 10.0.